The van der Waals surface area contributed by atoms with E-state index in [9.17, 15) is 8.42 Å². The molecule has 0 aromatic carbocycles. The Hall–Kier alpha value is -0.640. The van der Waals surface area contributed by atoms with Crippen molar-refractivity contribution in [1.29, 1.82) is 5.26 Å². The fraction of sp³-hybridized carbons (Fsp3) is 0.900. The monoisotopic (exact) mass is 245 g/mol. The lowest BCUT2D eigenvalue weighted by molar-refractivity contribution is 0.402. The quantitative estimate of drug-likeness (QED) is 0.806. The summed E-state index contributed by atoms with van der Waals surface area (Å²) in [5.74, 6) is 0. The second kappa shape index (κ2) is 5.13. The van der Waals surface area contributed by atoms with Gasteiger partial charge >= 0.3 is 0 Å². The van der Waals surface area contributed by atoms with E-state index in [1.807, 2.05) is 6.07 Å². The highest BCUT2D eigenvalue weighted by atomic mass is 32.2. The molecule has 0 aromatic rings. The lowest BCUT2D eigenvalue weighted by Gasteiger charge is -2.25. The van der Waals surface area contributed by atoms with Crippen molar-refractivity contribution < 1.29 is 8.42 Å². The molecule has 0 amide bonds. The largest absolute Gasteiger partial charge is 0.280 e. The Kier molecular flexibility index (Phi) is 4.30. The van der Waals surface area contributed by atoms with Crippen LogP contribution in [0.3, 0.4) is 0 Å². The molecule has 6 heteroatoms. The molecule has 0 saturated carbocycles. The molecule has 1 rings (SSSR count). The molecule has 92 valence electrons. The molecular formula is C10H19N3O2S. The normalized spacial score (nSPS) is 20.1. The van der Waals surface area contributed by atoms with E-state index in [-0.39, 0.29) is 0 Å². The average molecular weight is 245 g/mol. The van der Waals surface area contributed by atoms with Gasteiger partial charge in [0.25, 0.3) is 10.2 Å². The van der Waals surface area contributed by atoms with Crippen LogP contribution in [0.1, 0.15) is 39.5 Å². The van der Waals surface area contributed by atoms with Crippen molar-refractivity contribution in [3.63, 3.8) is 0 Å². The third kappa shape index (κ3) is 3.74. The summed E-state index contributed by atoms with van der Waals surface area (Å²) >= 11 is 0. The van der Waals surface area contributed by atoms with E-state index in [4.69, 9.17) is 5.26 Å². The number of hydrogen-bond donors (Lipinski definition) is 1. The first kappa shape index (κ1) is 13.4. The maximum Gasteiger partial charge on any atom is 0.280 e. The molecule has 1 fully saturated rings. The van der Waals surface area contributed by atoms with Gasteiger partial charge in [0.05, 0.1) is 6.07 Å². The molecule has 0 aromatic heterocycles. The summed E-state index contributed by atoms with van der Waals surface area (Å²) in [5.41, 5.74) is -1.05. The zero-order chi connectivity index (χ0) is 12.2. The molecule has 1 heterocycles. The molecule has 16 heavy (non-hydrogen) atoms. The molecule has 1 saturated heterocycles. The summed E-state index contributed by atoms with van der Waals surface area (Å²) in [6, 6.07) is 1.94. The molecule has 0 atom stereocenters. The fourth-order valence-electron chi connectivity index (χ4n) is 1.69. The summed E-state index contributed by atoms with van der Waals surface area (Å²) in [6.07, 6.45) is 3.95. The Labute approximate surface area is 97.6 Å². The minimum Gasteiger partial charge on any atom is -0.196 e. The third-order valence-electron chi connectivity index (χ3n) is 2.57. The van der Waals surface area contributed by atoms with Crippen LogP contribution in [-0.4, -0.2) is 31.4 Å². The Morgan fingerprint density at radius 2 is 1.69 bits per heavy atom. The van der Waals surface area contributed by atoms with Gasteiger partial charge in [0.15, 0.2) is 0 Å². The first-order valence-electron chi connectivity index (χ1n) is 5.58. The SMILES string of the molecule is CC(C)(C#N)NS(=O)(=O)N1CCCCCC1. The Bertz CT molecular complexity index is 362. The van der Waals surface area contributed by atoms with Crippen molar-refractivity contribution in [3.8, 4) is 6.07 Å². The number of nitriles is 1. The zero-order valence-corrected chi connectivity index (χ0v) is 10.7. The van der Waals surface area contributed by atoms with Crippen LogP contribution in [0.2, 0.25) is 0 Å². The van der Waals surface area contributed by atoms with E-state index in [2.05, 4.69) is 4.72 Å². The van der Waals surface area contributed by atoms with Crippen molar-refractivity contribution >= 4 is 10.2 Å². The van der Waals surface area contributed by atoms with Crippen LogP contribution in [0.15, 0.2) is 0 Å². The molecule has 1 N–H and O–H groups in total. The lowest BCUT2D eigenvalue weighted by Crippen LogP contribution is -2.49. The molecular weight excluding hydrogens is 226 g/mol. The van der Waals surface area contributed by atoms with Crippen LogP contribution < -0.4 is 4.72 Å². The maximum atomic E-state index is 12.0. The minimum atomic E-state index is -3.52. The van der Waals surface area contributed by atoms with E-state index in [1.54, 1.807) is 13.8 Å². The van der Waals surface area contributed by atoms with E-state index in [1.165, 1.54) is 4.31 Å². The first-order valence-corrected chi connectivity index (χ1v) is 7.02. The Balaban J connectivity index is 2.73. The maximum absolute atomic E-state index is 12.0. The van der Waals surface area contributed by atoms with Gasteiger partial charge < -0.3 is 0 Å². The van der Waals surface area contributed by atoms with E-state index in [0.29, 0.717) is 13.1 Å². The average Bonchev–Trinajstić information content (AvgIpc) is 2.44. The first-order chi connectivity index (χ1) is 7.37. The minimum absolute atomic E-state index is 0.552. The van der Waals surface area contributed by atoms with Gasteiger partial charge in [-0.25, -0.2) is 0 Å². The van der Waals surface area contributed by atoms with Crippen molar-refractivity contribution in [2.75, 3.05) is 13.1 Å². The van der Waals surface area contributed by atoms with Crippen molar-refractivity contribution in [3.05, 3.63) is 0 Å². The van der Waals surface area contributed by atoms with Crippen LogP contribution in [-0.2, 0) is 10.2 Å². The molecule has 1 aliphatic rings. The highest BCUT2D eigenvalue weighted by Crippen LogP contribution is 2.14. The van der Waals surface area contributed by atoms with Gasteiger partial charge in [-0.3, -0.25) is 0 Å². The fourth-order valence-corrected chi connectivity index (χ4v) is 3.25. The van der Waals surface area contributed by atoms with Gasteiger partial charge in [0.2, 0.25) is 0 Å². The predicted octanol–water partition coefficient (Wildman–Crippen LogP) is 0.999. The summed E-state index contributed by atoms with van der Waals surface area (Å²) in [4.78, 5) is 0. The van der Waals surface area contributed by atoms with Gasteiger partial charge in [0.1, 0.15) is 5.54 Å². The lowest BCUT2D eigenvalue weighted by atomic mass is 10.1. The van der Waals surface area contributed by atoms with E-state index < -0.39 is 15.7 Å². The van der Waals surface area contributed by atoms with Crippen LogP contribution in [0.4, 0.5) is 0 Å². The molecule has 5 nitrogen and oxygen atoms in total. The van der Waals surface area contributed by atoms with Gasteiger partial charge in [0, 0.05) is 13.1 Å². The predicted molar refractivity (Wildman–Crippen MR) is 61.8 cm³/mol. The number of nitrogens with one attached hydrogen (secondary N) is 1. The molecule has 0 bridgehead atoms. The van der Waals surface area contributed by atoms with Gasteiger partial charge in [-0.1, -0.05) is 12.8 Å². The van der Waals surface area contributed by atoms with Gasteiger partial charge in [-0.05, 0) is 26.7 Å². The van der Waals surface area contributed by atoms with Crippen LogP contribution >= 0.6 is 0 Å². The van der Waals surface area contributed by atoms with Crippen LogP contribution in [0.5, 0.6) is 0 Å². The second-order valence-corrected chi connectivity index (χ2v) is 6.33. The Morgan fingerprint density at radius 3 is 2.12 bits per heavy atom. The summed E-state index contributed by atoms with van der Waals surface area (Å²) in [6.45, 7) is 4.22. The summed E-state index contributed by atoms with van der Waals surface area (Å²) < 4.78 is 27.8. The van der Waals surface area contributed by atoms with Gasteiger partial charge in [-0.2, -0.15) is 22.7 Å². The molecule has 1 aliphatic heterocycles. The zero-order valence-electron chi connectivity index (χ0n) is 9.86. The van der Waals surface area contributed by atoms with Crippen LogP contribution in [0.25, 0.3) is 0 Å². The standard InChI is InChI=1S/C10H19N3O2S/c1-10(2,9-11)12-16(14,15)13-7-5-3-4-6-8-13/h12H,3-8H2,1-2H3. The number of rotatable bonds is 3. The van der Waals surface area contributed by atoms with Crippen molar-refractivity contribution in [1.82, 2.24) is 9.03 Å². The topological polar surface area (TPSA) is 73.2 Å². The van der Waals surface area contributed by atoms with Crippen LogP contribution in [0, 0.1) is 11.3 Å². The summed E-state index contributed by atoms with van der Waals surface area (Å²) in [7, 11) is -3.52. The molecule has 0 radical (unpaired) electrons. The second-order valence-electron chi connectivity index (χ2n) is 4.66. The van der Waals surface area contributed by atoms with Crippen molar-refractivity contribution in [2.45, 2.75) is 45.1 Å². The highest BCUT2D eigenvalue weighted by Gasteiger charge is 2.29. The third-order valence-corrected chi connectivity index (χ3v) is 4.38. The van der Waals surface area contributed by atoms with E-state index >= 15 is 0 Å². The highest BCUT2D eigenvalue weighted by molar-refractivity contribution is 7.87. The van der Waals surface area contributed by atoms with Crippen molar-refractivity contribution in [2.24, 2.45) is 0 Å². The Morgan fingerprint density at radius 1 is 1.19 bits per heavy atom. The summed E-state index contributed by atoms with van der Waals surface area (Å²) in [5, 5.41) is 8.82. The molecule has 0 unspecified atom stereocenters. The van der Waals surface area contributed by atoms with E-state index in [0.717, 1.165) is 25.7 Å². The smallest absolute Gasteiger partial charge is 0.196 e. The number of nitrogens with zero attached hydrogens (tertiary/aromatic N) is 2. The molecule has 0 aliphatic carbocycles. The van der Waals surface area contributed by atoms with Gasteiger partial charge in [-0.15, -0.1) is 0 Å². The molecule has 0 spiro atoms. The number of hydrogen-bond acceptors (Lipinski definition) is 3.